The highest BCUT2D eigenvalue weighted by molar-refractivity contribution is 5.81. The standard InChI is InChI=1S/C6H9F3N2/c7-3-4-6(8,9)2-1-5(10)11-4/h4H,1-3H2,(H2,10,11). The van der Waals surface area contributed by atoms with Crippen LogP contribution in [0.3, 0.4) is 0 Å². The molecule has 1 unspecified atom stereocenters. The Kier molecular flexibility index (Phi) is 2.06. The van der Waals surface area contributed by atoms with Crippen molar-refractivity contribution in [3.63, 3.8) is 0 Å². The quantitative estimate of drug-likeness (QED) is 0.622. The Morgan fingerprint density at radius 3 is 2.73 bits per heavy atom. The average Bonchev–Trinajstić information content (AvgIpc) is 1.94. The van der Waals surface area contributed by atoms with E-state index < -0.39 is 25.1 Å². The summed E-state index contributed by atoms with van der Waals surface area (Å²) in [5, 5.41) is 0. The van der Waals surface area contributed by atoms with Crippen LogP contribution in [0, 0.1) is 0 Å². The lowest BCUT2D eigenvalue weighted by Gasteiger charge is -2.25. The van der Waals surface area contributed by atoms with Gasteiger partial charge in [-0.05, 0) is 0 Å². The van der Waals surface area contributed by atoms with E-state index in [1.807, 2.05) is 0 Å². The molecule has 0 bridgehead atoms. The highest BCUT2D eigenvalue weighted by atomic mass is 19.3. The summed E-state index contributed by atoms with van der Waals surface area (Å²) in [6.07, 6.45) is -0.333. The van der Waals surface area contributed by atoms with Crippen molar-refractivity contribution in [2.75, 3.05) is 6.67 Å². The first kappa shape index (κ1) is 8.36. The zero-order chi connectivity index (χ0) is 8.48. The van der Waals surface area contributed by atoms with E-state index in [0.717, 1.165) is 0 Å². The molecule has 2 nitrogen and oxygen atoms in total. The molecule has 64 valence electrons. The molecule has 0 saturated carbocycles. The molecule has 0 amide bonds. The van der Waals surface area contributed by atoms with Crippen molar-refractivity contribution < 1.29 is 13.2 Å². The number of amidine groups is 1. The van der Waals surface area contributed by atoms with Crippen LogP contribution in [-0.4, -0.2) is 24.5 Å². The summed E-state index contributed by atoms with van der Waals surface area (Å²) in [7, 11) is 0. The van der Waals surface area contributed by atoms with Crippen molar-refractivity contribution in [2.45, 2.75) is 24.8 Å². The molecule has 0 saturated heterocycles. The summed E-state index contributed by atoms with van der Waals surface area (Å²) in [6.45, 7) is -1.15. The second kappa shape index (κ2) is 2.71. The van der Waals surface area contributed by atoms with Crippen molar-refractivity contribution in [3.05, 3.63) is 0 Å². The first-order valence-corrected chi connectivity index (χ1v) is 3.32. The van der Waals surface area contributed by atoms with Gasteiger partial charge in [0.2, 0.25) is 0 Å². The molecule has 1 aliphatic heterocycles. The lowest BCUT2D eigenvalue weighted by atomic mass is 10.0. The smallest absolute Gasteiger partial charge is 0.273 e. The van der Waals surface area contributed by atoms with Crippen LogP contribution in [0.25, 0.3) is 0 Å². The van der Waals surface area contributed by atoms with Gasteiger partial charge in [-0.2, -0.15) is 0 Å². The maximum atomic E-state index is 12.6. The molecular formula is C6H9F3N2. The fourth-order valence-electron chi connectivity index (χ4n) is 0.968. The third-order valence-corrected chi connectivity index (χ3v) is 1.67. The van der Waals surface area contributed by atoms with Gasteiger partial charge in [0.1, 0.15) is 12.7 Å². The number of alkyl halides is 3. The molecule has 11 heavy (non-hydrogen) atoms. The topological polar surface area (TPSA) is 38.4 Å². The summed E-state index contributed by atoms with van der Waals surface area (Å²) in [5.74, 6) is -2.89. The Hall–Kier alpha value is -0.740. The van der Waals surface area contributed by atoms with Gasteiger partial charge in [0, 0.05) is 12.8 Å². The predicted molar refractivity (Wildman–Crippen MR) is 35.6 cm³/mol. The molecular weight excluding hydrogens is 157 g/mol. The molecule has 0 aromatic carbocycles. The number of aliphatic imine (C=N–C) groups is 1. The molecule has 0 aliphatic carbocycles. The number of halogens is 3. The Bertz CT molecular complexity index is 179. The zero-order valence-corrected chi connectivity index (χ0v) is 5.86. The van der Waals surface area contributed by atoms with Crippen LogP contribution < -0.4 is 5.73 Å². The molecule has 5 heteroatoms. The number of hydrogen-bond acceptors (Lipinski definition) is 2. The minimum atomic E-state index is -3.02. The normalized spacial score (nSPS) is 29.7. The van der Waals surface area contributed by atoms with Crippen LogP contribution in [0.4, 0.5) is 13.2 Å². The third-order valence-electron chi connectivity index (χ3n) is 1.67. The van der Waals surface area contributed by atoms with Crippen LogP contribution in [0.2, 0.25) is 0 Å². The number of hydrogen-bond donors (Lipinski definition) is 1. The summed E-state index contributed by atoms with van der Waals surface area (Å²) in [5.41, 5.74) is 5.17. The van der Waals surface area contributed by atoms with Gasteiger partial charge in [-0.15, -0.1) is 0 Å². The molecule has 1 aliphatic rings. The van der Waals surface area contributed by atoms with E-state index in [1.165, 1.54) is 0 Å². The molecule has 0 aromatic rings. The summed E-state index contributed by atoms with van der Waals surface area (Å²) in [6, 6.07) is -1.56. The van der Waals surface area contributed by atoms with Gasteiger partial charge in [0.25, 0.3) is 5.92 Å². The lowest BCUT2D eigenvalue weighted by molar-refractivity contribution is -0.0408. The monoisotopic (exact) mass is 166 g/mol. The molecule has 0 fully saturated rings. The first-order valence-electron chi connectivity index (χ1n) is 3.32. The molecule has 0 radical (unpaired) electrons. The number of rotatable bonds is 1. The van der Waals surface area contributed by atoms with Gasteiger partial charge in [-0.1, -0.05) is 0 Å². The minimum absolute atomic E-state index is 0.0590. The SMILES string of the molecule is NC1=NC(CF)C(F)(F)CC1. The molecule has 0 spiro atoms. The van der Waals surface area contributed by atoms with Gasteiger partial charge in [-0.25, -0.2) is 13.2 Å². The number of nitrogens with two attached hydrogens (primary N) is 1. The van der Waals surface area contributed by atoms with Gasteiger partial charge in [0.15, 0.2) is 0 Å². The Balaban J connectivity index is 2.75. The van der Waals surface area contributed by atoms with E-state index >= 15 is 0 Å². The minimum Gasteiger partial charge on any atom is -0.387 e. The van der Waals surface area contributed by atoms with E-state index in [0.29, 0.717) is 0 Å². The fourth-order valence-corrected chi connectivity index (χ4v) is 0.968. The molecule has 1 rings (SSSR count). The first-order chi connectivity index (χ1) is 5.06. The van der Waals surface area contributed by atoms with Crippen molar-refractivity contribution in [1.82, 2.24) is 0 Å². The summed E-state index contributed by atoms with van der Waals surface area (Å²) >= 11 is 0. The highest BCUT2D eigenvalue weighted by Crippen LogP contribution is 2.30. The summed E-state index contributed by atoms with van der Waals surface area (Å²) in [4.78, 5) is 3.32. The van der Waals surface area contributed by atoms with E-state index in [1.54, 1.807) is 0 Å². The van der Waals surface area contributed by atoms with E-state index in [2.05, 4.69) is 4.99 Å². The third kappa shape index (κ3) is 1.64. The van der Waals surface area contributed by atoms with E-state index in [9.17, 15) is 13.2 Å². The number of nitrogens with zero attached hydrogens (tertiary/aromatic N) is 1. The Morgan fingerprint density at radius 2 is 2.27 bits per heavy atom. The summed E-state index contributed by atoms with van der Waals surface area (Å²) < 4.78 is 37.2. The van der Waals surface area contributed by atoms with Gasteiger partial charge in [-0.3, -0.25) is 4.99 Å². The highest BCUT2D eigenvalue weighted by Gasteiger charge is 2.41. The van der Waals surface area contributed by atoms with Gasteiger partial charge in [0.05, 0.1) is 5.84 Å². The van der Waals surface area contributed by atoms with Crippen molar-refractivity contribution >= 4 is 5.84 Å². The zero-order valence-electron chi connectivity index (χ0n) is 5.86. The van der Waals surface area contributed by atoms with Gasteiger partial charge >= 0.3 is 0 Å². The maximum absolute atomic E-state index is 12.6. The molecule has 1 heterocycles. The van der Waals surface area contributed by atoms with Crippen LogP contribution in [-0.2, 0) is 0 Å². The Morgan fingerprint density at radius 1 is 1.64 bits per heavy atom. The largest absolute Gasteiger partial charge is 0.387 e. The van der Waals surface area contributed by atoms with Gasteiger partial charge < -0.3 is 5.73 Å². The predicted octanol–water partition coefficient (Wildman–Crippen LogP) is 1.11. The Labute approximate surface area is 62.3 Å². The second-order valence-corrected chi connectivity index (χ2v) is 2.55. The lowest BCUT2D eigenvalue weighted by Crippen LogP contribution is -2.40. The maximum Gasteiger partial charge on any atom is 0.273 e. The van der Waals surface area contributed by atoms with Crippen molar-refractivity contribution in [3.8, 4) is 0 Å². The van der Waals surface area contributed by atoms with Crippen molar-refractivity contribution in [1.29, 1.82) is 0 Å². The molecule has 1 atom stereocenters. The van der Waals surface area contributed by atoms with Crippen LogP contribution in [0.1, 0.15) is 12.8 Å². The molecule has 2 N–H and O–H groups in total. The van der Waals surface area contributed by atoms with Crippen LogP contribution in [0.15, 0.2) is 4.99 Å². The van der Waals surface area contributed by atoms with Crippen LogP contribution in [0.5, 0.6) is 0 Å². The molecule has 0 aromatic heterocycles. The van der Waals surface area contributed by atoms with E-state index in [4.69, 9.17) is 5.73 Å². The second-order valence-electron chi connectivity index (χ2n) is 2.55. The fraction of sp³-hybridized carbons (Fsp3) is 0.833. The average molecular weight is 166 g/mol. The van der Waals surface area contributed by atoms with E-state index in [-0.39, 0.29) is 12.3 Å². The van der Waals surface area contributed by atoms with Crippen molar-refractivity contribution in [2.24, 2.45) is 10.7 Å². The van der Waals surface area contributed by atoms with Crippen LogP contribution >= 0.6 is 0 Å².